The third-order valence-electron chi connectivity index (χ3n) is 5.46. The summed E-state index contributed by atoms with van der Waals surface area (Å²) in [6, 6.07) is 15.1. The lowest BCUT2D eigenvalue weighted by atomic mass is 9.81. The first-order valence-corrected chi connectivity index (χ1v) is 8.96. The van der Waals surface area contributed by atoms with E-state index in [9.17, 15) is 9.59 Å². The van der Waals surface area contributed by atoms with E-state index in [1.54, 1.807) is 21.9 Å². The molecule has 0 saturated carbocycles. The minimum Gasteiger partial charge on any atom is -0.494 e. The highest BCUT2D eigenvalue weighted by atomic mass is 16.5. The van der Waals surface area contributed by atoms with Gasteiger partial charge >= 0.3 is 0 Å². The number of carbonyl (C=O) groups excluding carboxylic acids is 2. The molecule has 2 aliphatic heterocycles. The Labute approximate surface area is 153 Å². The third-order valence-corrected chi connectivity index (χ3v) is 5.46. The highest BCUT2D eigenvalue weighted by Crippen LogP contribution is 2.46. The highest BCUT2D eigenvalue weighted by molar-refractivity contribution is 6.09. The maximum atomic E-state index is 13.0. The molecule has 26 heavy (non-hydrogen) atoms. The molecular weight excluding hydrogens is 328 g/mol. The zero-order valence-corrected chi connectivity index (χ0v) is 15.1. The van der Waals surface area contributed by atoms with Crippen LogP contribution >= 0.6 is 0 Å². The number of nitrogens with zero attached hydrogens (tertiary/aromatic N) is 2. The summed E-state index contributed by atoms with van der Waals surface area (Å²) in [7, 11) is 1.81. The number of carbonyl (C=O) groups is 2. The number of likely N-dealkylation sites (N-methyl/N-ethyl adjacent to an activating group) is 1. The molecule has 1 fully saturated rings. The summed E-state index contributed by atoms with van der Waals surface area (Å²) in [6.45, 7) is 3.53. The van der Waals surface area contributed by atoms with Crippen LogP contribution in [0.5, 0.6) is 5.75 Å². The molecule has 2 amide bonds. The van der Waals surface area contributed by atoms with Gasteiger partial charge in [0.25, 0.3) is 5.91 Å². The summed E-state index contributed by atoms with van der Waals surface area (Å²) in [6.07, 6.45) is 0.663. The Hall–Kier alpha value is -2.82. The molecule has 0 bridgehead atoms. The molecule has 4 rings (SSSR count). The molecule has 5 heteroatoms. The summed E-state index contributed by atoms with van der Waals surface area (Å²) in [5.74, 6) is 0.800. The van der Waals surface area contributed by atoms with E-state index in [-0.39, 0.29) is 11.8 Å². The first-order chi connectivity index (χ1) is 12.6. The molecule has 2 aromatic rings. The molecule has 134 valence electrons. The zero-order chi connectivity index (χ0) is 18.3. The molecule has 1 atom stereocenters. The van der Waals surface area contributed by atoms with E-state index >= 15 is 0 Å². The number of fused-ring (bicyclic) bond motifs is 2. The number of anilines is 1. The van der Waals surface area contributed by atoms with Crippen molar-refractivity contribution in [2.45, 2.75) is 18.8 Å². The van der Waals surface area contributed by atoms with Gasteiger partial charge in [0.1, 0.15) is 5.75 Å². The summed E-state index contributed by atoms with van der Waals surface area (Å²) in [4.78, 5) is 29.4. The van der Waals surface area contributed by atoms with Gasteiger partial charge in [0.15, 0.2) is 0 Å². The first kappa shape index (κ1) is 16.6. The third kappa shape index (κ3) is 2.38. The minimum atomic E-state index is -0.605. The van der Waals surface area contributed by atoms with Gasteiger partial charge in [-0.05, 0) is 49.2 Å². The number of rotatable bonds is 3. The fourth-order valence-electron chi connectivity index (χ4n) is 4.14. The number of benzene rings is 2. The molecule has 1 spiro atoms. The maximum absolute atomic E-state index is 13.0. The van der Waals surface area contributed by atoms with Crippen LogP contribution in [0.25, 0.3) is 0 Å². The van der Waals surface area contributed by atoms with Gasteiger partial charge < -0.3 is 14.5 Å². The molecule has 0 aromatic heterocycles. The second-order valence-corrected chi connectivity index (χ2v) is 6.90. The molecule has 2 aromatic carbocycles. The predicted octanol–water partition coefficient (Wildman–Crippen LogP) is 2.85. The highest BCUT2D eigenvalue weighted by Gasteiger charge is 2.54. The van der Waals surface area contributed by atoms with Crippen molar-refractivity contribution < 1.29 is 14.3 Å². The number of amides is 2. The van der Waals surface area contributed by atoms with Crippen LogP contribution in [0.1, 0.15) is 29.3 Å². The smallest absolute Gasteiger partial charge is 0.253 e. The van der Waals surface area contributed by atoms with Gasteiger partial charge in [0.05, 0.1) is 12.0 Å². The largest absolute Gasteiger partial charge is 0.494 e. The molecule has 0 N–H and O–H groups in total. The van der Waals surface area contributed by atoms with E-state index in [1.165, 1.54) is 0 Å². The van der Waals surface area contributed by atoms with E-state index in [4.69, 9.17) is 4.74 Å². The lowest BCUT2D eigenvalue weighted by Gasteiger charge is -2.23. The monoisotopic (exact) mass is 350 g/mol. The summed E-state index contributed by atoms with van der Waals surface area (Å²) in [5.41, 5.74) is 2.01. The van der Waals surface area contributed by atoms with Crippen molar-refractivity contribution in [2.24, 2.45) is 0 Å². The Balaban J connectivity index is 1.59. The molecule has 1 saturated heterocycles. The SMILES string of the molecule is CCOc1ccc(C(=O)N2CC[C@@]3(C2)C(=O)N(C)c2ccccc23)cc1. The Morgan fingerprint density at radius 1 is 1.15 bits per heavy atom. The van der Waals surface area contributed by atoms with Crippen LogP contribution in [0, 0.1) is 0 Å². The second kappa shape index (κ2) is 6.16. The van der Waals surface area contributed by atoms with Crippen LogP contribution in [0.2, 0.25) is 0 Å². The Kier molecular flexibility index (Phi) is 3.94. The standard InChI is InChI=1S/C21H22N2O3/c1-3-26-16-10-8-15(9-11-16)19(24)23-13-12-21(14-23)17-6-4-5-7-18(17)22(2)20(21)25/h4-11H,3,12-14H2,1-2H3/t21-/m0/s1. The van der Waals surface area contributed by atoms with Gasteiger partial charge in [-0.3, -0.25) is 9.59 Å². The summed E-state index contributed by atoms with van der Waals surface area (Å²) >= 11 is 0. The lowest BCUT2D eigenvalue weighted by Crippen LogP contribution is -2.42. The van der Waals surface area contributed by atoms with Gasteiger partial charge in [-0.25, -0.2) is 0 Å². The average molecular weight is 350 g/mol. The quantitative estimate of drug-likeness (QED) is 0.855. The maximum Gasteiger partial charge on any atom is 0.253 e. The van der Waals surface area contributed by atoms with Gasteiger partial charge in [0.2, 0.25) is 5.91 Å². The van der Waals surface area contributed by atoms with Gasteiger partial charge in [-0.2, -0.15) is 0 Å². The Morgan fingerprint density at radius 3 is 2.62 bits per heavy atom. The normalized spacial score (nSPS) is 21.4. The van der Waals surface area contributed by atoms with Crippen molar-refractivity contribution in [3.63, 3.8) is 0 Å². The van der Waals surface area contributed by atoms with E-state index in [0.717, 1.165) is 17.0 Å². The van der Waals surface area contributed by atoms with Crippen molar-refractivity contribution in [2.75, 3.05) is 31.6 Å². The molecule has 5 nitrogen and oxygen atoms in total. The average Bonchev–Trinajstić information content (AvgIpc) is 3.21. The summed E-state index contributed by atoms with van der Waals surface area (Å²) < 4.78 is 5.43. The molecule has 0 unspecified atom stereocenters. The molecule has 2 heterocycles. The van der Waals surface area contributed by atoms with Crippen LogP contribution in [0.15, 0.2) is 48.5 Å². The van der Waals surface area contributed by atoms with Gasteiger partial charge in [0, 0.05) is 31.4 Å². The molecule has 0 radical (unpaired) electrons. The van der Waals surface area contributed by atoms with Crippen LogP contribution < -0.4 is 9.64 Å². The van der Waals surface area contributed by atoms with E-state index in [1.807, 2.05) is 50.4 Å². The van der Waals surface area contributed by atoms with Crippen molar-refractivity contribution >= 4 is 17.5 Å². The van der Waals surface area contributed by atoms with Gasteiger partial charge in [-0.15, -0.1) is 0 Å². The van der Waals surface area contributed by atoms with Crippen molar-refractivity contribution in [3.05, 3.63) is 59.7 Å². The topological polar surface area (TPSA) is 49.9 Å². The fraction of sp³-hybridized carbons (Fsp3) is 0.333. The number of para-hydroxylation sites is 1. The number of hydrogen-bond donors (Lipinski definition) is 0. The van der Waals surface area contributed by atoms with Crippen molar-refractivity contribution in [3.8, 4) is 5.75 Å². The zero-order valence-electron chi connectivity index (χ0n) is 15.1. The van der Waals surface area contributed by atoms with Crippen LogP contribution in [0.4, 0.5) is 5.69 Å². The van der Waals surface area contributed by atoms with Gasteiger partial charge in [-0.1, -0.05) is 18.2 Å². The fourth-order valence-corrected chi connectivity index (χ4v) is 4.14. The van der Waals surface area contributed by atoms with Crippen molar-refractivity contribution in [1.82, 2.24) is 4.90 Å². The molecule has 2 aliphatic rings. The Morgan fingerprint density at radius 2 is 1.88 bits per heavy atom. The van der Waals surface area contributed by atoms with E-state index in [0.29, 0.717) is 31.7 Å². The minimum absolute atomic E-state index is 0.0373. The van der Waals surface area contributed by atoms with Crippen molar-refractivity contribution in [1.29, 1.82) is 0 Å². The number of hydrogen-bond acceptors (Lipinski definition) is 3. The molecular formula is C21H22N2O3. The lowest BCUT2D eigenvalue weighted by molar-refractivity contribution is -0.122. The number of likely N-dealkylation sites (tertiary alicyclic amines) is 1. The van der Waals surface area contributed by atoms with E-state index in [2.05, 4.69) is 0 Å². The van der Waals surface area contributed by atoms with Crippen LogP contribution in [0.3, 0.4) is 0 Å². The Bertz CT molecular complexity index is 862. The second-order valence-electron chi connectivity index (χ2n) is 6.90. The van der Waals surface area contributed by atoms with E-state index < -0.39 is 5.41 Å². The number of ether oxygens (including phenoxy) is 1. The predicted molar refractivity (Wildman–Crippen MR) is 99.7 cm³/mol. The first-order valence-electron chi connectivity index (χ1n) is 8.96. The summed E-state index contributed by atoms with van der Waals surface area (Å²) in [5, 5.41) is 0. The van der Waals surface area contributed by atoms with Crippen LogP contribution in [-0.4, -0.2) is 43.5 Å². The van der Waals surface area contributed by atoms with Crippen LogP contribution in [-0.2, 0) is 10.2 Å². The molecule has 0 aliphatic carbocycles.